The predicted octanol–water partition coefficient (Wildman–Crippen LogP) is -2.37. The number of nitrogens with one attached hydrogen (secondary N) is 1. The Labute approximate surface area is 157 Å². The number of aliphatic hydroxyl groups excluding tert-OH is 1. The predicted molar refractivity (Wildman–Crippen MR) is 88.5 cm³/mol. The zero-order valence-electron chi connectivity index (χ0n) is 13.6. The fourth-order valence-electron chi connectivity index (χ4n) is 2.18. The van der Waals surface area contributed by atoms with Crippen LogP contribution in [-0.2, 0) is 27.0 Å². The molecule has 1 fully saturated rings. The molecule has 0 spiro atoms. The Balaban J connectivity index is 1.98. The van der Waals surface area contributed by atoms with E-state index < -0.39 is 59.8 Å². The van der Waals surface area contributed by atoms with Crippen molar-refractivity contribution in [3.63, 3.8) is 0 Å². The Bertz CT molecular complexity index is 911. The molecule has 0 aromatic carbocycles. The minimum Gasteiger partial charge on any atom is -0.646 e. The third kappa shape index (κ3) is 6.96. The molecule has 1 aromatic heterocycles. The van der Waals surface area contributed by atoms with Crippen LogP contribution < -0.4 is 16.1 Å². The molecule has 0 saturated carbocycles. The van der Waals surface area contributed by atoms with Crippen molar-refractivity contribution in [2.45, 2.75) is 24.9 Å². The molecule has 1 saturated heterocycles. The number of ether oxygens (including phenoxy) is 1. The molecule has 2 heterocycles. The standard InChI is InChI=1S/C9H14BN2O13P3/c10-26(16,24-28(20,21)25-27(17,18)19)22-4-6-5(13)3-8(23-6)12-2-1-7(14)11-9(12)15/h1-2,5-6,8,13H,3-4H2,(H,20,21)(H,11,14,15)(H2,17,18,19)/t5-,6+,8+,26?/m0/s1. The molecule has 19 heteroatoms. The lowest BCUT2D eigenvalue weighted by Crippen LogP contribution is -2.32. The lowest BCUT2D eigenvalue weighted by Gasteiger charge is -2.26. The van der Waals surface area contributed by atoms with E-state index in [0.29, 0.717) is 0 Å². The third-order valence-corrected chi connectivity index (χ3v) is 7.13. The molecule has 0 aliphatic carbocycles. The minimum absolute atomic E-state index is 0.129. The summed E-state index contributed by atoms with van der Waals surface area (Å²) in [6, 6.07) is 1.04. The van der Waals surface area contributed by atoms with E-state index in [2.05, 4.69) is 13.1 Å². The van der Waals surface area contributed by atoms with Crippen molar-refractivity contribution >= 4 is 31.0 Å². The number of aromatic nitrogens is 2. The molecule has 2 radical (unpaired) electrons. The maximum atomic E-state index is 11.9. The molecule has 0 bridgehead atoms. The highest BCUT2D eigenvalue weighted by Gasteiger charge is 2.44. The smallest absolute Gasteiger partial charge is 0.515 e. The summed E-state index contributed by atoms with van der Waals surface area (Å²) in [7, 11) is -10.8. The minimum atomic E-state index is -5.54. The highest BCUT2D eigenvalue weighted by molar-refractivity contribution is 7.88. The summed E-state index contributed by atoms with van der Waals surface area (Å²) in [5, 5.41) is 9.95. The maximum Gasteiger partial charge on any atom is 0.515 e. The summed E-state index contributed by atoms with van der Waals surface area (Å²) >= 11 is 0. The SMILES string of the molecule is [B][P+]([O-])(OC[C@H]1O[C@@H](n2ccc(=O)[nH]c2=O)C[C@@H]1O)OP(=O)(O)OP(=O)(O)O. The van der Waals surface area contributed by atoms with E-state index in [1.54, 1.807) is 0 Å². The van der Waals surface area contributed by atoms with Gasteiger partial charge in [0.05, 0.1) is 6.10 Å². The van der Waals surface area contributed by atoms with Crippen LogP contribution >= 0.6 is 23.5 Å². The summed E-state index contributed by atoms with van der Waals surface area (Å²) in [4.78, 5) is 62.7. The van der Waals surface area contributed by atoms with E-state index in [-0.39, 0.29) is 6.42 Å². The number of aliphatic hydroxyl groups is 1. The second kappa shape index (κ2) is 8.56. The van der Waals surface area contributed by atoms with Crippen LogP contribution in [0.1, 0.15) is 12.6 Å². The van der Waals surface area contributed by atoms with Gasteiger partial charge in [0, 0.05) is 18.7 Å². The van der Waals surface area contributed by atoms with E-state index in [4.69, 9.17) is 27.0 Å². The summed E-state index contributed by atoms with van der Waals surface area (Å²) in [6.45, 7) is -0.751. The first-order chi connectivity index (χ1) is 12.7. The van der Waals surface area contributed by atoms with Crippen LogP contribution in [0.5, 0.6) is 0 Å². The van der Waals surface area contributed by atoms with Gasteiger partial charge in [-0.2, -0.15) is 4.31 Å². The van der Waals surface area contributed by atoms with Crippen LogP contribution in [0.4, 0.5) is 0 Å². The number of rotatable bonds is 8. The first kappa shape index (κ1) is 23.6. The van der Waals surface area contributed by atoms with Crippen molar-refractivity contribution < 1.29 is 51.7 Å². The topological polar surface area (TPSA) is 230 Å². The zero-order chi connectivity index (χ0) is 21.3. The van der Waals surface area contributed by atoms with Gasteiger partial charge < -0.3 is 29.4 Å². The first-order valence-corrected chi connectivity index (χ1v) is 11.8. The van der Waals surface area contributed by atoms with Crippen LogP contribution in [0, 0.1) is 0 Å². The summed E-state index contributed by atoms with van der Waals surface area (Å²) < 4.78 is 40.1. The monoisotopic (exact) mass is 462 g/mol. The number of phosphoric acid groups is 2. The molecule has 28 heavy (non-hydrogen) atoms. The third-order valence-electron chi connectivity index (χ3n) is 3.21. The lowest BCUT2D eigenvalue weighted by atomic mass is 10.2. The largest absolute Gasteiger partial charge is 0.646 e. The van der Waals surface area contributed by atoms with Crippen molar-refractivity contribution in [2.75, 3.05) is 6.61 Å². The fourth-order valence-corrected chi connectivity index (χ4v) is 5.34. The van der Waals surface area contributed by atoms with Crippen LogP contribution in [0.25, 0.3) is 0 Å². The molecule has 156 valence electrons. The highest BCUT2D eigenvalue weighted by atomic mass is 31.3. The Morgan fingerprint density at radius 1 is 1.39 bits per heavy atom. The molecular weight excluding hydrogens is 448 g/mol. The van der Waals surface area contributed by atoms with Crippen molar-refractivity contribution in [1.82, 2.24) is 9.55 Å². The second-order valence-corrected chi connectivity index (χ2v) is 9.97. The fraction of sp³-hybridized carbons (Fsp3) is 0.556. The Morgan fingerprint density at radius 3 is 2.61 bits per heavy atom. The zero-order valence-corrected chi connectivity index (χ0v) is 16.3. The van der Waals surface area contributed by atoms with Crippen molar-refractivity contribution in [3.05, 3.63) is 33.1 Å². The van der Waals surface area contributed by atoms with Crippen molar-refractivity contribution in [3.8, 4) is 0 Å². The molecule has 1 aliphatic heterocycles. The van der Waals surface area contributed by atoms with E-state index in [1.165, 1.54) is 0 Å². The molecule has 1 aromatic rings. The number of nitrogens with zero attached hydrogens (tertiary/aromatic N) is 1. The average Bonchev–Trinajstić information content (AvgIpc) is 2.82. The number of hydrogen-bond donors (Lipinski definition) is 5. The lowest BCUT2D eigenvalue weighted by molar-refractivity contribution is -0.206. The van der Waals surface area contributed by atoms with Gasteiger partial charge in [-0.3, -0.25) is 14.3 Å². The van der Waals surface area contributed by atoms with E-state index in [0.717, 1.165) is 16.8 Å². The van der Waals surface area contributed by atoms with Crippen molar-refractivity contribution in [2.24, 2.45) is 0 Å². The van der Waals surface area contributed by atoms with Crippen LogP contribution in [0.3, 0.4) is 0 Å². The molecule has 1 aliphatic rings. The van der Waals surface area contributed by atoms with Gasteiger partial charge >= 0.3 is 28.9 Å². The maximum absolute atomic E-state index is 11.9. The van der Waals surface area contributed by atoms with E-state index in [1.807, 2.05) is 4.98 Å². The Kier molecular flexibility index (Phi) is 7.20. The van der Waals surface area contributed by atoms with Crippen LogP contribution in [-0.4, -0.2) is 55.7 Å². The van der Waals surface area contributed by atoms with E-state index >= 15 is 0 Å². The van der Waals surface area contributed by atoms with Crippen LogP contribution in [0.15, 0.2) is 21.9 Å². The van der Waals surface area contributed by atoms with Gasteiger partial charge in [0.15, 0.2) is 7.82 Å². The molecule has 0 amide bonds. The molecule has 2 unspecified atom stereocenters. The second-order valence-electron chi connectivity index (χ2n) is 5.41. The highest BCUT2D eigenvalue weighted by Crippen LogP contribution is 2.67. The van der Waals surface area contributed by atoms with Gasteiger partial charge in [-0.25, -0.2) is 18.4 Å². The Morgan fingerprint density at radius 2 is 2.04 bits per heavy atom. The van der Waals surface area contributed by atoms with E-state index in [9.17, 15) is 28.7 Å². The van der Waals surface area contributed by atoms with Gasteiger partial charge in [-0.05, 0) is 0 Å². The molecule has 5 atom stereocenters. The van der Waals surface area contributed by atoms with Gasteiger partial charge in [0.25, 0.3) is 5.56 Å². The number of aromatic amines is 1. The van der Waals surface area contributed by atoms with Crippen LogP contribution in [0.2, 0.25) is 0 Å². The molecule has 2 rings (SSSR count). The summed E-state index contributed by atoms with van der Waals surface area (Å²) in [6.07, 6.45) is -2.50. The number of H-pyrrole nitrogens is 1. The number of hydrogen-bond acceptors (Lipinski definition) is 10. The quantitative estimate of drug-likeness (QED) is 0.201. The summed E-state index contributed by atoms with van der Waals surface area (Å²) in [5.41, 5.74) is -1.46. The van der Waals surface area contributed by atoms with Gasteiger partial charge in [-0.1, -0.05) is 0 Å². The van der Waals surface area contributed by atoms with Gasteiger partial charge in [0.1, 0.15) is 18.9 Å². The normalized spacial score (nSPS) is 27.2. The first-order valence-electron chi connectivity index (χ1n) is 7.17. The van der Waals surface area contributed by atoms with Crippen molar-refractivity contribution in [1.29, 1.82) is 0 Å². The molecular formula is C9H14BN2O13P3. The Hall–Kier alpha value is -0.725. The van der Waals surface area contributed by atoms with Gasteiger partial charge in [-0.15, -0.1) is 4.31 Å². The average molecular weight is 462 g/mol. The van der Waals surface area contributed by atoms with Gasteiger partial charge in [0.2, 0.25) is 0 Å². The molecule has 15 nitrogen and oxygen atoms in total. The summed E-state index contributed by atoms with van der Waals surface area (Å²) in [5.74, 6) is 0. The molecule has 5 N–H and O–H groups in total.